The van der Waals surface area contributed by atoms with Crippen molar-refractivity contribution in [2.24, 2.45) is 7.05 Å². The fourth-order valence-corrected chi connectivity index (χ4v) is 2.19. The number of hydrogen-bond donors (Lipinski definition) is 1. The maximum atomic E-state index is 11.8. The highest BCUT2D eigenvalue weighted by Crippen LogP contribution is 2.27. The number of carbonyl (C=O) groups excluding carboxylic acids is 1. The zero-order chi connectivity index (χ0) is 15.6. The minimum atomic E-state index is -0.546. The van der Waals surface area contributed by atoms with Crippen LogP contribution in [0.2, 0.25) is 5.02 Å². The first-order chi connectivity index (χ1) is 9.95. The quantitative estimate of drug-likeness (QED) is 0.692. The van der Waals surface area contributed by atoms with Crippen molar-refractivity contribution in [3.63, 3.8) is 0 Å². The molecule has 0 radical (unpaired) electrons. The van der Waals surface area contributed by atoms with Gasteiger partial charge in [-0.3, -0.25) is 4.68 Å². The van der Waals surface area contributed by atoms with Gasteiger partial charge in [0.25, 0.3) is 0 Å². The normalized spacial score (nSPS) is 10.5. The number of nitrogens with two attached hydrogens (primary N) is 1. The van der Waals surface area contributed by atoms with E-state index in [1.807, 2.05) is 6.92 Å². The fraction of sp³-hybridized carbons (Fsp3) is 0.286. The molecule has 1 aromatic carbocycles. The van der Waals surface area contributed by atoms with Crippen LogP contribution in [-0.4, -0.2) is 22.9 Å². The molecule has 0 bridgehead atoms. The van der Waals surface area contributed by atoms with Gasteiger partial charge < -0.3 is 15.2 Å². The molecule has 0 spiro atoms. The summed E-state index contributed by atoms with van der Waals surface area (Å²) in [7, 11) is 3.07. The Labute approximate surface area is 127 Å². The molecule has 0 atom stereocenters. The molecule has 2 N–H and O–H groups in total. The van der Waals surface area contributed by atoms with Crippen LogP contribution >= 0.6 is 11.6 Å². The first-order valence-electron chi connectivity index (χ1n) is 6.23. The van der Waals surface area contributed by atoms with Crippen molar-refractivity contribution in [3.05, 3.63) is 40.2 Å². The van der Waals surface area contributed by atoms with Crippen LogP contribution in [0.5, 0.6) is 5.75 Å². The summed E-state index contributed by atoms with van der Waals surface area (Å²) >= 11 is 6.16. The number of nitrogen functional groups attached to an aromatic ring is 1. The largest absolute Gasteiger partial charge is 0.486 e. The Kier molecular flexibility index (Phi) is 4.37. The van der Waals surface area contributed by atoms with Gasteiger partial charge in [-0.25, -0.2) is 4.79 Å². The van der Waals surface area contributed by atoms with Gasteiger partial charge in [0, 0.05) is 12.7 Å². The van der Waals surface area contributed by atoms with Crippen LogP contribution in [0.3, 0.4) is 0 Å². The highest BCUT2D eigenvalue weighted by molar-refractivity contribution is 6.31. The molecule has 0 aliphatic rings. The number of anilines is 1. The fourth-order valence-electron chi connectivity index (χ4n) is 1.97. The molecule has 0 saturated carbocycles. The second-order valence-corrected chi connectivity index (χ2v) is 4.85. The van der Waals surface area contributed by atoms with E-state index in [-0.39, 0.29) is 12.2 Å². The lowest BCUT2D eigenvalue weighted by atomic mass is 10.1. The lowest BCUT2D eigenvalue weighted by Gasteiger charge is -2.12. The molecule has 0 aliphatic carbocycles. The van der Waals surface area contributed by atoms with E-state index in [9.17, 15) is 4.79 Å². The number of carbonyl (C=O) groups is 1. The van der Waals surface area contributed by atoms with Crippen LogP contribution in [0, 0.1) is 6.92 Å². The van der Waals surface area contributed by atoms with E-state index in [1.54, 1.807) is 29.9 Å². The first kappa shape index (κ1) is 15.2. The Balaban J connectivity index is 2.28. The van der Waals surface area contributed by atoms with Crippen molar-refractivity contribution in [1.82, 2.24) is 9.78 Å². The molecule has 6 nitrogen and oxygen atoms in total. The number of halogens is 1. The summed E-state index contributed by atoms with van der Waals surface area (Å²) in [5.41, 5.74) is 7.74. The SMILES string of the molecule is COC(=O)c1c(N)cccc1OCc1c(Cl)c(C)nn1C. The zero-order valence-electron chi connectivity index (χ0n) is 12.0. The van der Waals surface area contributed by atoms with Gasteiger partial charge in [-0.2, -0.15) is 5.10 Å². The topological polar surface area (TPSA) is 79.4 Å². The first-order valence-corrected chi connectivity index (χ1v) is 6.61. The van der Waals surface area contributed by atoms with Gasteiger partial charge in [-0.1, -0.05) is 17.7 Å². The average molecular weight is 310 g/mol. The van der Waals surface area contributed by atoms with Gasteiger partial charge in [-0.05, 0) is 19.1 Å². The van der Waals surface area contributed by atoms with E-state index >= 15 is 0 Å². The van der Waals surface area contributed by atoms with Crippen molar-refractivity contribution in [1.29, 1.82) is 0 Å². The molecule has 0 unspecified atom stereocenters. The second kappa shape index (κ2) is 6.05. The maximum Gasteiger partial charge on any atom is 0.343 e. The lowest BCUT2D eigenvalue weighted by Crippen LogP contribution is -2.10. The zero-order valence-corrected chi connectivity index (χ0v) is 12.8. The number of aryl methyl sites for hydroxylation is 2. The molecule has 0 fully saturated rings. The summed E-state index contributed by atoms with van der Waals surface area (Å²) < 4.78 is 12.0. The van der Waals surface area contributed by atoms with Gasteiger partial charge in [0.1, 0.15) is 17.9 Å². The van der Waals surface area contributed by atoms with Gasteiger partial charge in [-0.15, -0.1) is 0 Å². The predicted octanol–water partition coefficient (Wildman–Crippen LogP) is 2.33. The monoisotopic (exact) mass is 309 g/mol. The Morgan fingerprint density at radius 3 is 2.76 bits per heavy atom. The van der Waals surface area contributed by atoms with Crippen LogP contribution in [0.4, 0.5) is 5.69 Å². The lowest BCUT2D eigenvalue weighted by molar-refractivity contribution is 0.0596. The number of nitrogens with zero attached hydrogens (tertiary/aromatic N) is 2. The predicted molar refractivity (Wildman–Crippen MR) is 79.5 cm³/mol. The minimum Gasteiger partial charge on any atom is -0.486 e. The number of hydrogen-bond acceptors (Lipinski definition) is 5. The molecule has 112 valence electrons. The van der Waals surface area contributed by atoms with Crippen LogP contribution in [0.15, 0.2) is 18.2 Å². The summed E-state index contributed by atoms with van der Waals surface area (Å²) in [6.45, 7) is 1.98. The molecule has 7 heteroatoms. The molecular formula is C14H16ClN3O3. The molecule has 1 aromatic heterocycles. The second-order valence-electron chi connectivity index (χ2n) is 4.47. The molecule has 2 rings (SSSR count). The van der Waals surface area contributed by atoms with Crippen LogP contribution in [0.1, 0.15) is 21.7 Å². The molecule has 2 aromatic rings. The van der Waals surface area contributed by atoms with E-state index in [4.69, 9.17) is 26.8 Å². The molecule has 0 amide bonds. The highest BCUT2D eigenvalue weighted by atomic mass is 35.5. The third kappa shape index (κ3) is 2.95. The van der Waals surface area contributed by atoms with E-state index in [2.05, 4.69) is 5.10 Å². The number of benzene rings is 1. The van der Waals surface area contributed by atoms with Crippen LogP contribution in [0.25, 0.3) is 0 Å². The standard InChI is InChI=1S/C14H16ClN3O3/c1-8-13(15)10(18(2)17-8)7-21-11-6-4-5-9(16)12(11)14(19)20-3/h4-6H,7,16H2,1-3H3. The van der Waals surface area contributed by atoms with Crippen molar-refractivity contribution in [2.45, 2.75) is 13.5 Å². The number of esters is 1. The Morgan fingerprint density at radius 1 is 1.48 bits per heavy atom. The van der Waals surface area contributed by atoms with Crippen molar-refractivity contribution in [2.75, 3.05) is 12.8 Å². The smallest absolute Gasteiger partial charge is 0.343 e. The van der Waals surface area contributed by atoms with E-state index < -0.39 is 5.97 Å². The minimum absolute atomic E-state index is 0.170. The molecular weight excluding hydrogens is 294 g/mol. The van der Waals surface area contributed by atoms with Crippen molar-refractivity contribution < 1.29 is 14.3 Å². The number of aromatic nitrogens is 2. The molecule has 0 saturated heterocycles. The summed E-state index contributed by atoms with van der Waals surface area (Å²) in [4.78, 5) is 11.8. The Bertz CT molecular complexity index is 682. The summed E-state index contributed by atoms with van der Waals surface area (Å²) in [5, 5.41) is 4.75. The average Bonchev–Trinajstić information content (AvgIpc) is 2.69. The van der Waals surface area contributed by atoms with Crippen molar-refractivity contribution >= 4 is 23.3 Å². The third-order valence-corrected chi connectivity index (χ3v) is 3.57. The van der Waals surface area contributed by atoms with Gasteiger partial charge in [0.15, 0.2) is 0 Å². The van der Waals surface area contributed by atoms with E-state index in [0.717, 1.165) is 5.69 Å². The summed E-state index contributed by atoms with van der Waals surface area (Å²) in [5.74, 6) is -0.202. The van der Waals surface area contributed by atoms with E-state index in [1.165, 1.54) is 7.11 Å². The number of methoxy groups -OCH3 is 1. The van der Waals surface area contributed by atoms with Crippen LogP contribution < -0.4 is 10.5 Å². The van der Waals surface area contributed by atoms with Crippen molar-refractivity contribution in [3.8, 4) is 5.75 Å². The highest BCUT2D eigenvalue weighted by Gasteiger charge is 2.18. The Morgan fingerprint density at radius 2 is 2.19 bits per heavy atom. The summed E-state index contributed by atoms with van der Waals surface area (Å²) in [6, 6.07) is 4.97. The number of rotatable bonds is 4. The molecule has 21 heavy (non-hydrogen) atoms. The number of ether oxygens (including phenoxy) is 2. The third-order valence-electron chi connectivity index (χ3n) is 3.07. The summed E-state index contributed by atoms with van der Waals surface area (Å²) in [6.07, 6.45) is 0. The Hall–Kier alpha value is -2.21. The van der Waals surface area contributed by atoms with Gasteiger partial charge >= 0.3 is 5.97 Å². The molecule has 0 aliphatic heterocycles. The maximum absolute atomic E-state index is 11.8. The van der Waals surface area contributed by atoms with Gasteiger partial charge in [0.05, 0.1) is 23.5 Å². The van der Waals surface area contributed by atoms with Gasteiger partial charge in [0.2, 0.25) is 0 Å². The van der Waals surface area contributed by atoms with Crippen LogP contribution in [-0.2, 0) is 18.4 Å². The molecule has 1 heterocycles. The van der Waals surface area contributed by atoms with E-state index in [0.29, 0.717) is 22.2 Å².